The number of nitrogens with zero attached hydrogens (tertiary/aromatic N) is 1. The molecule has 2 aliphatic rings. The number of hydrogen-bond acceptors (Lipinski definition) is 5. The molecule has 152 valence electrons. The van der Waals surface area contributed by atoms with E-state index >= 15 is 0 Å². The third-order valence-corrected chi connectivity index (χ3v) is 4.72. The lowest BCUT2D eigenvalue weighted by Crippen LogP contribution is -2.59. The molecule has 0 saturated carbocycles. The zero-order valence-electron chi connectivity index (χ0n) is 16.6. The minimum Gasteiger partial charge on any atom is -0.444 e. The highest BCUT2D eigenvalue weighted by Gasteiger charge is 2.44. The summed E-state index contributed by atoms with van der Waals surface area (Å²) in [6.45, 7) is 7.27. The van der Waals surface area contributed by atoms with E-state index in [0.29, 0.717) is 32.6 Å². The number of anilines is 1. The Balaban J connectivity index is 1.84. The summed E-state index contributed by atoms with van der Waals surface area (Å²) < 4.78 is 31.3. The number of halogens is 1. The number of nitrogen functional groups attached to an aromatic ring is 1. The second-order valence-electron chi connectivity index (χ2n) is 8.24. The average molecular weight is 390 g/mol. The molecule has 6 nitrogen and oxygen atoms in total. The predicted molar refractivity (Wildman–Crippen MR) is 103 cm³/mol. The lowest BCUT2D eigenvalue weighted by molar-refractivity contribution is -0.170. The fourth-order valence-electron chi connectivity index (χ4n) is 3.37. The molecule has 0 aliphatic carbocycles. The lowest BCUT2D eigenvalue weighted by atomic mass is 9.91. The van der Waals surface area contributed by atoms with Crippen LogP contribution in [0.15, 0.2) is 18.2 Å². The molecule has 2 aliphatic heterocycles. The van der Waals surface area contributed by atoms with Crippen molar-refractivity contribution in [2.75, 3.05) is 32.0 Å². The van der Waals surface area contributed by atoms with Gasteiger partial charge in [0.25, 0.3) is 0 Å². The van der Waals surface area contributed by atoms with Gasteiger partial charge in [-0.2, -0.15) is 0 Å². The van der Waals surface area contributed by atoms with Gasteiger partial charge in [0, 0.05) is 26.1 Å². The van der Waals surface area contributed by atoms with Gasteiger partial charge >= 0.3 is 6.09 Å². The van der Waals surface area contributed by atoms with Crippen LogP contribution >= 0.6 is 0 Å². The van der Waals surface area contributed by atoms with Crippen molar-refractivity contribution in [2.24, 2.45) is 0 Å². The molecule has 1 spiro atoms. The van der Waals surface area contributed by atoms with E-state index in [0.717, 1.165) is 0 Å². The maximum atomic E-state index is 14.0. The summed E-state index contributed by atoms with van der Waals surface area (Å²) in [6, 6.07) is 4.45. The highest BCUT2D eigenvalue weighted by molar-refractivity contribution is 5.68. The molecule has 2 fully saturated rings. The average Bonchev–Trinajstić information content (AvgIpc) is 2.60. The molecular formula is C21H27FN2O4. The molecule has 0 radical (unpaired) electrons. The highest BCUT2D eigenvalue weighted by Crippen LogP contribution is 2.32. The van der Waals surface area contributed by atoms with Crippen molar-refractivity contribution in [1.29, 1.82) is 0 Å². The van der Waals surface area contributed by atoms with E-state index in [1.807, 2.05) is 20.8 Å². The number of morpholine rings is 1. The minimum absolute atomic E-state index is 0.140. The van der Waals surface area contributed by atoms with Crippen molar-refractivity contribution in [2.45, 2.75) is 50.9 Å². The molecule has 28 heavy (non-hydrogen) atoms. The van der Waals surface area contributed by atoms with Crippen molar-refractivity contribution in [1.82, 2.24) is 4.90 Å². The van der Waals surface area contributed by atoms with Gasteiger partial charge < -0.3 is 24.8 Å². The predicted octanol–water partition coefficient (Wildman–Crippen LogP) is 2.94. The van der Waals surface area contributed by atoms with Gasteiger partial charge in [-0.25, -0.2) is 9.18 Å². The Bertz CT molecular complexity index is 768. The van der Waals surface area contributed by atoms with Gasteiger partial charge in [-0.1, -0.05) is 17.9 Å². The molecule has 1 aromatic carbocycles. The monoisotopic (exact) mass is 390 g/mol. The second kappa shape index (κ2) is 7.98. The Hall–Kier alpha value is -2.30. The number of ether oxygens (including phenoxy) is 3. The van der Waals surface area contributed by atoms with Crippen LogP contribution in [0.3, 0.4) is 0 Å². The number of rotatable bonds is 0. The van der Waals surface area contributed by atoms with E-state index in [1.54, 1.807) is 11.0 Å². The topological polar surface area (TPSA) is 74.0 Å². The van der Waals surface area contributed by atoms with E-state index in [4.69, 9.17) is 19.9 Å². The minimum atomic E-state index is -0.596. The van der Waals surface area contributed by atoms with E-state index in [1.165, 1.54) is 12.1 Å². The molecule has 1 atom stereocenters. The molecule has 2 saturated heterocycles. The summed E-state index contributed by atoms with van der Waals surface area (Å²) >= 11 is 0. The Morgan fingerprint density at radius 2 is 2.07 bits per heavy atom. The molecule has 7 heteroatoms. The Morgan fingerprint density at radius 3 is 2.71 bits per heavy atom. The molecule has 0 bridgehead atoms. The third kappa shape index (κ3) is 4.94. The molecule has 2 heterocycles. The van der Waals surface area contributed by atoms with Crippen LogP contribution in [0, 0.1) is 17.7 Å². The summed E-state index contributed by atoms with van der Waals surface area (Å²) in [5.74, 6) is 5.27. The number of nitrogens with two attached hydrogens (primary N) is 1. The van der Waals surface area contributed by atoms with Crippen molar-refractivity contribution in [3.63, 3.8) is 0 Å². The van der Waals surface area contributed by atoms with Gasteiger partial charge in [0.1, 0.15) is 17.5 Å². The lowest BCUT2D eigenvalue weighted by Gasteiger charge is -2.46. The summed E-state index contributed by atoms with van der Waals surface area (Å²) in [5.41, 5.74) is 5.12. The normalized spacial score (nSPS) is 21.7. The Labute approximate surface area is 165 Å². The number of benzene rings is 1. The highest BCUT2D eigenvalue weighted by atomic mass is 19.1. The van der Waals surface area contributed by atoms with Gasteiger partial charge in [-0.15, -0.1) is 0 Å². The number of amides is 1. The van der Waals surface area contributed by atoms with Crippen LogP contribution in [0.4, 0.5) is 14.9 Å². The van der Waals surface area contributed by atoms with Crippen molar-refractivity contribution < 1.29 is 23.4 Å². The van der Waals surface area contributed by atoms with Crippen LogP contribution in [-0.4, -0.2) is 54.6 Å². The van der Waals surface area contributed by atoms with Gasteiger partial charge in [0.15, 0.2) is 0 Å². The molecule has 0 aromatic heterocycles. The number of carbonyl (C=O) groups is 1. The van der Waals surface area contributed by atoms with Gasteiger partial charge in [-0.05, 0) is 32.9 Å². The van der Waals surface area contributed by atoms with Crippen LogP contribution in [0.1, 0.15) is 39.2 Å². The fraction of sp³-hybridized carbons (Fsp3) is 0.571. The van der Waals surface area contributed by atoms with Crippen LogP contribution < -0.4 is 5.73 Å². The largest absolute Gasteiger partial charge is 0.444 e. The molecule has 2 N–H and O–H groups in total. The second-order valence-corrected chi connectivity index (χ2v) is 8.24. The standard InChI is InChI=1S/C21H27FN2O4/c1-20(2,3)28-19(25)24-13-15(27-21(14-24)9-11-26-12-10-21)7-8-16-17(22)5-4-6-18(16)23/h4-6,15H,9-14,23H2,1-3H3/t15-/m1/s1. The SMILES string of the molecule is CC(C)(C)OC(=O)N1C[C@@H](C#Cc2c(N)cccc2F)OC2(CCOCC2)C1. The first-order chi connectivity index (χ1) is 13.2. The van der Waals surface area contributed by atoms with E-state index in [9.17, 15) is 9.18 Å². The van der Waals surface area contributed by atoms with Crippen LogP contribution in [0.25, 0.3) is 0 Å². The molecular weight excluding hydrogens is 363 g/mol. The number of carbonyl (C=O) groups excluding carboxylic acids is 1. The Morgan fingerprint density at radius 1 is 1.36 bits per heavy atom. The van der Waals surface area contributed by atoms with E-state index in [-0.39, 0.29) is 17.8 Å². The van der Waals surface area contributed by atoms with Crippen molar-refractivity contribution in [3.05, 3.63) is 29.6 Å². The molecule has 1 aromatic rings. The first-order valence-corrected chi connectivity index (χ1v) is 9.46. The van der Waals surface area contributed by atoms with Crippen molar-refractivity contribution >= 4 is 11.8 Å². The van der Waals surface area contributed by atoms with Gasteiger partial charge in [0.2, 0.25) is 0 Å². The summed E-state index contributed by atoms with van der Waals surface area (Å²) in [6.07, 6.45) is 0.343. The maximum absolute atomic E-state index is 14.0. The maximum Gasteiger partial charge on any atom is 0.410 e. The van der Waals surface area contributed by atoms with Crippen LogP contribution in [-0.2, 0) is 14.2 Å². The van der Waals surface area contributed by atoms with Crippen LogP contribution in [0.2, 0.25) is 0 Å². The van der Waals surface area contributed by atoms with Crippen molar-refractivity contribution in [3.8, 4) is 11.8 Å². The van der Waals surface area contributed by atoms with E-state index < -0.39 is 29.2 Å². The van der Waals surface area contributed by atoms with Gasteiger partial charge in [0.05, 0.1) is 29.9 Å². The fourth-order valence-corrected chi connectivity index (χ4v) is 3.37. The Kier molecular flexibility index (Phi) is 5.82. The molecule has 3 rings (SSSR count). The first-order valence-electron chi connectivity index (χ1n) is 9.46. The zero-order chi connectivity index (χ0) is 20.4. The van der Waals surface area contributed by atoms with Crippen LogP contribution in [0.5, 0.6) is 0 Å². The van der Waals surface area contributed by atoms with E-state index in [2.05, 4.69) is 11.8 Å². The molecule has 0 unspecified atom stereocenters. The quantitative estimate of drug-likeness (QED) is 0.545. The summed E-state index contributed by atoms with van der Waals surface area (Å²) in [7, 11) is 0. The first kappa shape index (κ1) is 20.4. The number of hydrogen-bond donors (Lipinski definition) is 1. The zero-order valence-corrected chi connectivity index (χ0v) is 16.6. The molecule has 1 amide bonds. The van der Waals surface area contributed by atoms with Gasteiger partial charge in [-0.3, -0.25) is 0 Å². The smallest absolute Gasteiger partial charge is 0.410 e. The third-order valence-electron chi connectivity index (χ3n) is 4.72. The summed E-state index contributed by atoms with van der Waals surface area (Å²) in [5, 5.41) is 0. The summed E-state index contributed by atoms with van der Waals surface area (Å²) in [4.78, 5) is 14.3.